The minimum Gasteiger partial charge on any atom is -0.504 e. The van der Waals surface area contributed by atoms with Crippen molar-refractivity contribution in [1.29, 1.82) is 0 Å². The molecule has 0 aliphatic carbocycles. The molecule has 25 heavy (non-hydrogen) atoms. The molecule has 1 aromatic rings. The monoisotopic (exact) mass is 348 g/mol. The molecular weight excluding hydrogens is 320 g/mol. The number of hydrogen-bond donors (Lipinski definition) is 3. The highest BCUT2D eigenvalue weighted by Crippen LogP contribution is 2.26. The zero-order chi connectivity index (χ0) is 19.2. The van der Waals surface area contributed by atoms with E-state index in [0.717, 1.165) is 18.9 Å². The van der Waals surface area contributed by atoms with Gasteiger partial charge in [-0.1, -0.05) is 29.4 Å². The maximum Gasteiger partial charge on any atom is 0.328 e. The van der Waals surface area contributed by atoms with Crippen molar-refractivity contribution >= 4 is 12.0 Å². The quantitative estimate of drug-likeness (QED) is 0.508. The van der Waals surface area contributed by atoms with E-state index in [1.165, 1.54) is 30.4 Å². The Kier molecular flexibility index (Phi) is 11.5. The molecular formula is C20H28O5. The number of rotatable bonds is 7. The Morgan fingerprint density at radius 3 is 2.40 bits per heavy atom. The lowest BCUT2D eigenvalue weighted by atomic mass is 10.1. The van der Waals surface area contributed by atoms with Crippen LogP contribution in [0.1, 0.15) is 39.2 Å². The lowest BCUT2D eigenvalue weighted by molar-refractivity contribution is -0.131. The second kappa shape index (κ2) is 12.8. The first kappa shape index (κ1) is 22.5. The van der Waals surface area contributed by atoms with Crippen molar-refractivity contribution in [3.05, 3.63) is 53.1 Å². The molecule has 5 nitrogen and oxygen atoms in total. The predicted molar refractivity (Wildman–Crippen MR) is 101 cm³/mol. The van der Waals surface area contributed by atoms with Gasteiger partial charge in [0.25, 0.3) is 0 Å². The number of aromatic hydroxyl groups is 1. The fourth-order valence-electron chi connectivity index (χ4n) is 1.81. The molecule has 0 unspecified atom stereocenters. The molecule has 3 N–H and O–H groups in total. The standard InChI is InChI=1S/C10H10O4.C10H18O/c1-14-9-6-7(2-4-8(9)11)3-5-10(12)13;1-9(2)5-4-6-10(3)7-8-11/h2-6,11H,1H3,(H,12,13);5,7,11H,4,6,8H2,1-3H3. The number of carboxylic acids is 1. The molecule has 0 saturated heterocycles. The van der Waals surface area contributed by atoms with Crippen LogP contribution in [0.3, 0.4) is 0 Å². The first-order valence-corrected chi connectivity index (χ1v) is 7.98. The molecule has 0 saturated carbocycles. The van der Waals surface area contributed by atoms with E-state index < -0.39 is 5.97 Å². The van der Waals surface area contributed by atoms with Crippen molar-refractivity contribution in [1.82, 2.24) is 0 Å². The maximum absolute atomic E-state index is 10.2. The molecule has 0 aliphatic rings. The summed E-state index contributed by atoms with van der Waals surface area (Å²) in [5, 5.41) is 26.2. The summed E-state index contributed by atoms with van der Waals surface area (Å²) in [7, 11) is 1.43. The first-order chi connectivity index (χ1) is 11.8. The average molecular weight is 348 g/mol. The molecule has 0 aliphatic heterocycles. The summed E-state index contributed by atoms with van der Waals surface area (Å²) in [4.78, 5) is 10.2. The third-order valence-corrected chi connectivity index (χ3v) is 3.15. The van der Waals surface area contributed by atoms with Crippen LogP contribution in [-0.4, -0.2) is 35.0 Å². The van der Waals surface area contributed by atoms with Crippen LogP contribution in [0.25, 0.3) is 6.08 Å². The zero-order valence-electron chi connectivity index (χ0n) is 15.3. The molecule has 5 heteroatoms. The summed E-state index contributed by atoms with van der Waals surface area (Å²) in [6, 6.07) is 4.59. The van der Waals surface area contributed by atoms with E-state index >= 15 is 0 Å². The van der Waals surface area contributed by atoms with E-state index in [1.54, 1.807) is 12.1 Å². The van der Waals surface area contributed by atoms with E-state index in [4.69, 9.17) is 14.9 Å². The highest BCUT2D eigenvalue weighted by molar-refractivity contribution is 5.85. The van der Waals surface area contributed by atoms with Crippen LogP contribution in [0.5, 0.6) is 11.5 Å². The number of ether oxygens (including phenoxy) is 1. The highest BCUT2D eigenvalue weighted by Gasteiger charge is 2.00. The van der Waals surface area contributed by atoms with Crippen molar-refractivity contribution in [3.63, 3.8) is 0 Å². The van der Waals surface area contributed by atoms with Crippen LogP contribution in [0, 0.1) is 0 Å². The first-order valence-electron chi connectivity index (χ1n) is 7.98. The molecule has 0 amide bonds. The van der Waals surface area contributed by atoms with E-state index in [2.05, 4.69) is 26.8 Å². The SMILES string of the molecule is CC(C)=CCCC(C)=CCO.COc1cc(C=CC(=O)O)ccc1O. The van der Waals surface area contributed by atoms with E-state index in [-0.39, 0.29) is 12.4 Å². The predicted octanol–water partition coefficient (Wildman–Crippen LogP) is 4.17. The lowest BCUT2D eigenvalue weighted by Gasteiger charge is -2.03. The number of aliphatic carboxylic acids is 1. The topological polar surface area (TPSA) is 87.0 Å². The van der Waals surface area contributed by atoms with E-state index in [9.17, 15) is 9.90 Å². The van der Waals surface area contributed by atoms with Gasteiger partial charge in [0.2, 0.25) is 0 Å². The van der Waals surface area contributed by atoms with Crippen molar-refractivity contribution in [2.24, 2.45) is 0 Å². The third kappa shape index (κ3) is 11.6. The van der Waals surface area contributed by atoms with Gasteiger partial charge in [-0.3, -0.25) is 0 Å². The molecule has 138 valence electrons. The number of phenolic OH excluding ortho intramolecular Hbond substituents is 1. The van der Waals surface area contributed by atoms with Gasteiger partial charge in [0, 0.05) is 6.08 Å². The summed E-state index contributed by atoms with van der Waals surface area (Å²) in [5.41, 5.74) is 3.29. The summed E-state index contributed by atoms with van der Waals surface area (Å²) in [6.45, 7) is 6.42. The Hall–Kier alpha value is -2.53. The van der Waals surface area contributed by atoms with E-state index in [0.29, 0.717) is 11.3 Å². The van der Waals surface area contributed by atoms with Crippen LogP contribution >= 0.6 is 0 Å². The normalized spacial score (nSPS) is 10.8. The largest absolute Gasteiger partial charge is 0.504 e. The van der Waals surface area contributed by atoms with Gasteiger partial charge in [-0.15, -0.1) is 0 Å². The zero-order valence-corrected chi connectivity index (χ0v) is 15.3. The number of methoxy groups -OCH3 is 1. The number of benzene rings is 1. The average Bonchev–Trinajstić information content (AvgIpc) is 2.54. The minimum atomic E-state index is -1.02. The van der Waals surface area contributed by atoms with Crippen molar-refractivity contribution in [2.75, 3.05) is 13.7 Å². The summed E-state index contributed by atoms with van der Waals surface area (Å²) in [5.74, 6) is -0.672. The Morgan fingerprint density at radius 1 is 1.20 bits per heavy atom. The second-order valence-electron chi connectivity index (χ2n) is 5.66. The Morgan fingerprint density at radius 2 is 1.88 bits per heavy atom. The van der Waals surface area contributed by atoms with Crippen LogP contribution in [0.4, 0.5) is 0 Å². The molecule has 0 spiro atoms. The third-order valence-electron chi connectivity index (χ3n) is 3.15. The summed E-state index contributed by atoms with van der Waals surface area (Å²) in [6.07, 6.45) is 8.67. The fraction of sp³-hybridized carbons (Fsp3) is 0.350. The Bertz CT molecular complexity index is 623. The molecule has 0 heterocycles. The number of aliphatic hydroxyl groups is 1. The molecule has 0 radical (unpaired) electrons. The Balaban J connectivity index is 0.000000477. The molecule has 1 rings (SSSR count). The number of aliphatic hydroxyl groups excluding tert-OH is 1. The number of allylic oxidation sites excluding steroid dienone is 3. The van der Waals surface area contributed by atoms with E-state index in [1.807, 2.05) is 6.08 Å². The lowest BCUT2D eigenvalue weighted by Crippen LogP contribution is -1.87. The van der Waals surface area contributed by atoms with Crippen molar-refractivity contribution in [2.45, 2.75) is 33.6 Å². The number of hydrogen-bond acceptors (Lipinski definition) is 4. The van der Waals surface area contributed by atoms with Crippen LogP contribution < -0.4 is 4.74 Å². The fourth-order valence-corrected chi connectivity index (χ4v) is 1.81. The van der Waals surface area contributed by atoms with Gasteiger partial charge in [-0.25, -0.2) is 4.79 Å². The molecule has 0 atom stereocenters. The molecule has 0 bridgehead atoms. The van der Waals surface area contributed by atoms with Crippen molar-refractivity contribution < 1.29 is 24.9 Å². The molecule has 0 fully saturated rings. The maximum atomic E-state index is 10.2. The minimum absolute atomic E-state index is 0.0278. The Labute approximate surface area is 149 Å². The summed E-state index contributed by atoms with van der Waals surface area (Å²) >= 11 is 0. The van der Waals surface area contributed by atoms with Gasteiger partial charge in [0.05, 0.1) is 13.7 Å². The van der Waals surface area contributed by atoms with Crippen LogP contribution in [-0.2, 0) is 4.79 Å². The van der Waals surface area contributed by atoms with Crippen LogP contribution in [0.2, 0.25) is 0 Å². The molecule has 1 aromatic carbocycles. The van der Waals surface area contributed by atoms with Gasteiger partial charge in [-0.2, -0.15) is 0 Å². The van der Waals surface area contributed by atoms with Gasteiger partial charge in [0.1, 0.15) is 0 Å². The van der Waals surface area contributed by atoms with Gasteiger partial charge < -0.3 is 20.1 Å². The van der Waals surface area contributed by atoms with Gasteiger partial charge >= 0.3 is 5.97 Å². The number of carbonyl (C=O) groups is 1. The molecule has 0 aromatic heterocycles. The number of phenols is 1. The summed E-state index contributed by atoms with van der Waals surface area (Å²) < 4.78 is 4.86. The second-order valence-corrected chi connectivity index (χ2v) is 5.66. The number of carboxylic acid groups (broad SMARTS) is 1. The highest BCUT2D eigenvalue weighted by atomic mass is 16.5. The van der Waals surface area contributed by atoms with Gasteiger partial charge in [-0.05, 0) is 57.4 Å². The van der Waals surface area contributed by atoms with Crippen LogP contribution in [0.15, 0.2) is 47.6 Å². The van der Waals surface area contributed by atoms with Gasteiger partial charge in [0.15, 0.2) is 11.5 Å². The smallest absolute Gasteiger partial charge is 0.328 e. The van der Waals surface area contributed by atoms with Crippen molar-refractivity contribution in [3.8, 4) is 11.5 Å².